The van der Waals surface area contributed by atoms with Crippen LogP contribution in [0.25, 0.3) is 0 Å². The third-order valence-corrected chi connectivity index (χ3v) is 2.57. The summed E-state index contributed by atoms with van der Waals surface area (Å²) in [7, 11) is 0. The molecule has 0 aliphatic carbocycles. The van der Waals surface area contributed by atoms with Crippen LogP contribution < -0.4 is 0 Å². The first-order valence-electron chi connectivity index (χ1n) is 4.64. The molecule has 1 heterocycles. The molecular weight excluding hydrogens is 259 g/mol. The van der Waals surface area contributed by atoms with E-state index in [2.05, 4.69) is 4.98 Å². The van der Waals surface area contributed by atoms with Crippen molar-refractivity contribution < 1.29 is 23.1 Å². The van der Waals surface area contributed by atoms with E-state index in [1.54, 1.807) is 0 Å². The Balaban J connectivity index is 3.10. The first-order valence-corrected chi connectivity index (χ1v) is 5.02. The number of halogens is 4. The van der Waals surface area contributed by atoms with Crippen LogP contribution in [0.3, 0.4) is 0 Å². The molecule has 7 heteroatoms. The number of hydrogen-bond acceptors (Lipinski definition) is 2. The van der Waals surface area contributed by atoms with Crippen molar-refractivity contribution in [1.82, 2.24) is 4.98 Å². The predicted octanol–water partition coefficient (Wildman–Crippen LogP) is 3.10. The van der Waals surface area contributed by atoms with Crippen LogP contribution in [0.2, 0.25) is 5.02 Å². The maximum absolute atomic E-state index is 12.5. The Hall–Kier alpha value is -1.30. The lowest BCUT2D eigenvalue weighted by atomic mass is 9.90. The number of alkyl halides is 3. The van der Waals surface area contributed by atoms with Crippen molar-refractivity contribution in [2.24, 2.45) is 5.92 Å². The molecule has 0 saturated carbocycles. The fourth-order valence-corrected chi connectivity index (χ4v) is 1.47. The first-order chi connectivity index (χ1) is 7.73. The summed E-state index contributed by atoms with van der Waals surface area (Å²) in [5, 5.41) is 9.09. The number of rotatable bonds is 3. The van der Waals surface area contributed by atoms with Crippen LogP contribution in [-0.2, 0) is 4.79 Å². The van der Waals surface area contributed by atoms with Crippen LogP contribution in [0.1, 0.15) is 18.5 Å². The van der Waals surface area contributed by atoms with Gasteiger partial charge < -0.3 is 5.11 Å². The average molecular weight is 268 g/mol. The van der Waals surface area contributed by atoms with E-state index in [0.29, 0.717) is 0 Å². The molecule has 1 aromatic rings. The highest BCUT2D eigenvalue weighted by Crippen LogP contribution is 2.36. The summed E-state index contributed by atoms with van der Waals surface area (Å²) in [5.41, 5.74) is -0.160. The van der Waals surface area contributed by atoms with E-state index in [-0.39, 0.29) is 10.7 Å². The highest BCUT2D eigenvalue weighted by Gasteiger charge is 2.45. The number of pyridine rings is 1. The Kier molecular flexibility index (Phi) is 3.98. The smallest absolute Gasteiger partial charge is 0.392 e. The molecule has 2 atom stereocenters. The van der Waals surface area contributed by atoms with Crippen LogP contribution >= 0.6 is 11.6 Å². The Morgan fingerprint density at radius 2 is 2.06 bits per heavy atom. The highest BCUT2D eigenvalue weighted by atomic mass is 35.5. The second kappa shape index (κ2) is 4.91. The number of hydrogen-bond donors (Lipinski definition) is 1. The summed E-state index contributed by atoms with van der Waals surface area (Å²) in [6, 6.07) is 2.49. The van der Waals surface area contributed by atoms with Crippen molar-refractivity contribution in [3.8, 4) is 0 Å². The van der Waals surface area contributed by atoms with Crippen molar-refractivity contribution in [2.45, 2.75) is 19.0 Å². The van der Waals surface area contributed by atoms with Gasteiger partial charge in [0, 0.05) is 6.20 Å². The molecule has 0 aromatic carbocycles. The maximum Gasteiger partial charge on any atom is 0.392 e. The molecule has 0 fully saturated rings. The van der Waals surface area contributed by atoms with Crippen LogP contribution in [0.4, 0.5) is 13.2 Å². The van der Waals surface area contributed by atoms with Gasteiger partial charge >= 0.3 is 12.1 Å². The lowest BCUT2D eigenvalue weighted by molar-refractivity contribution is -0.184. The Labute approximate surface area is 100 Å². The van der Waals surface area contributed by atoms with Crippen molar-refractivity contribution in [3.05, 3.63) is 29.0 Å². The molecule has 0 aliphatic heterocycles. The van der Waals surface area contributed by atoms with Gasteiger partial charge in [-0.1, -0.05) is 18.5 Å². The quantitative estimate of drug-likeness (QED) is 0.915. The Morgan fingerprint density at radius 1 is 1.47 bits per heavy atom. The van der Waals surface area contributed by atoms with Gasteiger partial charge in [-0.25, -0.2) is 0 Å². The van der Waals surface area contributed by atoms with Crippen LogP contribution in [-0.4, -0.2) is 22.2 Å². The lowest BCUT2D eigenvalue weighted by Crippen LogP contribution is -2.31. The van der Waals surface area contributed by atoms with E-state index < -0.39 is 24.0 Å². The number of carboxylic acids is 1. The molecule has 0 bridgehead atoms. The molecule has 17 heavy (non-hydrogen) atoms. The van der Waals surface area contributed by atoms with E-state index in [4.69, 9.17) is 16.7 Å². The topological polar surface area (TPSA) is 50.2 Å². The minimum Gasteiger partial charge on any atom is -0.481 e. The van der Waals surface area contributed by atoms with Crippen molar-refractivity contribution >= 4 is 17.6 Å². The standard InChI is InChI=1S/C10H9ClF3NO2/c1-5(10(12,13)14)8(9(16)17)7-3-2-6(11)4-15-7/h2-5,8H,1H3,(H,16,17)/t5-,8+/m1/s1. The average Bonchev–Trinajstić information content (AvgIpc) is 2.19. The second-order valence-corrected chi connectivity index (χ2v) is 3.98. The van der Waals surface area contributed by atoms with E-state index in [1.807, 2.05) is 0 Å². The molecule has 0 unspecified atom stereocenters. The van der Waals surface area contributed by atoms with E-state index in [9.17, 15) is 18.0 Å². The van der Waals surface area contributed by atoms with Gasteiger partial charge in [-0.15, -0.1) is 0 Å². The van der Waals surface area contributed by atoms with Crippen molar-refractivity contribution in [3.63, 3.8) is 0 Å². The molecule has 0 spiro atoms. The fourth-order valence-electron chi connectivity index (χ4n) is 1.36. The molecule has 0 amide bonds. The molecule has 3 nitrogen and oxygen atoms in total. The van der Waals surface area contributed by atoms with E-state index in [1.165, 1.54) is 12.1 Å². The van der Waals surface area contributed by atoms with Gasteiger partial charge in [0.05, 0.1) is 16.6 Å². The van der Waals surface area contributed by atoms with Crippen molar-refractivity contribution in [1.29, 1.82) is 0 Å². The second-order valence-electron chi connectivity index (χ2n) is 3.55. The molecule has 1 N–H and O–H groups in total. The normalized spacial score (nSPS) is 15.4. The van der Waals surface area contributed by atoms with Gasteiger partial charge in [0.2, 0.25) is 0 Å². The SMILES string of the molecule is C[C@H]([C@H](C(=O)O)c1ccc(Cl)cn1)C(F)(F)F. The van der Waals surface area contributed by atoms with Crippen molar-refractivity contribution in [2.75, 3.05) is 0 Å². The Morgan fingerprint density at radius 3 is 2.41 bits per heavy atom. The third-order valence-electron chi connectivity index (χ3n) is 2.35. The van der Waals surface area contributed by atoms with E-state index >= 15 is 0 Å². The highest BCUT2D eigenvalue weighted by molar-refractivity contribution is 6.30. The van der Waals surface area contributed by atoms with Gasteiger partial charge in [0.15, 0.2) is 0 Å². The zero-order valence-corrected chi connectivity index (χ0v) is 9.46. The van der Waals surface area contributed by atoms with Gasteiger partial charge in [-0.3, -0.25) is 9.78 Å². The van der Waals surface area contributed by atoms with Gasteiger partial charge in [-0.05, 0) is 12.1 Å². The first kappa shape index (κ1) is 13.8. The monoisotopic (exact) mass is 267 g/mol. The zero-order chi connectivity index (χ0) is 13.2. The van der Waals surface area contributed by atoms with Crippen LogP contribution in [0.15, 0.2) is 18.3 Å². The summed E-state index contributed by atoms with van der Waals surface area (Å²) < 4.78 is 37.5. The predicted molar refractivity (Wildman–Crippen MR) is 54.8 cm³/mol. The van der Waals surface area contributed by atoms with Crippen LogP contribution in [0.5, 0.6) is 0 Å². The molecule has 1 aromatic heterocycles. The molecule has 0 aliphatic rings. The molecule has 0 radical (unpaired) electrons. The minimum absolute atomic E-state index is 0.160. The number of carboxylic acid groups (broad SMARTS) is 1. The molecule has 1 rings (SSSR count). The Bertz CT molecular complexity index is 405. The van der Waals surface area contributed by atoms with Gasteiger partial charge in [0.25, 0.3) is 0 Å². The molecule has 94 valence electrons. The number of carbonyl (C=O) groups is 1. The summed E-state index contributed by atoms with van der Waals surface area (Å²) in [6.07, 6.45) is -3.47. The largest absolute Gasteiger partial charge is 0.481 e. The van der Waals surface area contributed by atoms with Gasteiger partial charge in [0.1, 0.15) is 5.92 Å². The number of aromatic nitrogens is 1. The van der Waals surface area contributed by atoms with E-state index in [0.717, 1.165) is 13.1 Å². The summed E-state index contributed by atoms with van der Waals surface area (Å²) in [6.45, 7) is 0.815. The lowest BCUT2D eigenvalue weighted by Gasteiger charge is -2.22. The number of aliphatic carboxylic acids is 1. The number of nitrogens with zero attached hydrogens (tertiary/aromatic N) is 1. The maximum atomic E-state index is 12.5. The minimum atomic E-state index is -4.59. The van der Waals surface area contributed by atoms with Gasteiger partial charge in [-0.2, -0.15) is 13.2 Å². The molecule has 0 saturated heterocycles. The summed E-state index contributed by atoms with van der Waals surface area (Å²) >= 11 is 5.53. The summed E-state index contributed by atoms with van der Waals surface area (Å²) in [5.74, 6) is -5.31. The fraction of sp³-hybridized carbons (Fsp3) is 0.400. The summed E-state index contributed by atoms with van der Waals surface area (Å²) in [4.78, 5) is 14.5. The third kappa shape index (κ3) is 3.33. The molecular formula is C10H9ClF3NO2. The van der Waals surface area contributed by atoms with Crippen LogP contribution in [0, 0.1) is 5.92 Å². The zero-order valence-electron chi connectivity index (χ0n) is 8.70.